The second-order valence-corrected chi connectivity index (χ2v) is 5.64. The van der Waals surface area contributed by atoms with Crippen molar-refractivity contribution in [3.05, 3.63) is 11.9 Å². The van der Waals surface area contributed by atoms with E-state index in [2.05, 4.69) is 28.9 Å². The summed E-state index contributed by atoms with van der Waals surface area (Å²) in [4.78, 5) is 0. The van der Waals surface area contributed by atoms with E-state index in [1.165, 1.54) is 37.1 Å². The van der Waals surface area contributed by atoms with Crippen molar-refractivity contribution in [3.8, 4) is 0 Å². The van der Waals surface area contributed by atoms with E-state index >= 15 is 0 Å². The number of anilines is 1. The summed E-state index contributed by atoms with van der Waals surface area (Å²) in [5, 5.41) is 8.17. The lowest BCUT2D eigenvalue weighted by Crippen LogP contribution is -2.26. The zero-order chi connectivity index (χ0) is 12.5. The second-order valence-electron chi connectivity index (χ2n) is 5.64. The van der Waals surface area contributed by atoms with Gasteiger partial charge in [0.1, 0.15) is 0 Å². The molecule has 1 aromatic rings. The predicted molar refractivity (Wildman–Crippen MR) is 71.9 cm³/mol. The standard InChI is InChI=1S/C14H23N3O/c1-10-14(16-13-7-8-18-11(13)2)9-15-17(10)12-5-3-4-6-12/h9,11-13,16H,3-8H2,1-2H3. The minimum absolute atomic E-state index is 0.305. The number of hydrogen-bond acceptors (Lipinski definition) is 3. The Hall–Kier alpha value is -1.03. The van der Waals surface area contributed by atoms with Gasteiger partial charge in [-0.15, -0.1) is 0 Å². The summed E-state index contributed by atoms with van der Waals surface area (Å²) in [5.74, 6) is 0. The van der Waals surface area contributed by atoms with Crippen molar-refractivity contribution in [2.45, 2.75) is 64.1 Å². The molecule has 0 radical (unpaired) electrons. The summed E-state index contributed by atoms with van der Waals surface area (Å²) in [6.45, 7) is 5.18. The molecule has 1 saturated heterocycles. The molecule has 1 aliphatic carbocycles. The molecule has 2 atom stereocenters. The summed E-state index contributed by atoms with van der Waals surface area (Å²) >= 11 is 0. The third-order valence-corrected chi connectivity index (χ3v) is 4.43. The zero-order valence-corrected chi connectivity index (χ0v) is 11.4. The monoisotopic (exact) mass is 249 g/mol. The van der Waals surface area contributed by atoms with Crippen LogP contribution in [0.5, 0.6) is 0 Å². The number of rotatable bonds is 3. The predicted octanol–water partition coefficient (Wildman–Crippen LogP) is 2.90. The van der Waals surface area contributed by atoms with Crippen molar-refractivity contribution in [3.63, 3.8) is 0 Å². The van der Waals surface area contributed by atoms with Gasteiger partial charge in [-0.1, -0.05) is 12.8 Å². The highest BCUT2D eigenvalue weighted by Crippen LogP contribution is 2.32. The SMILES string of the molecule is Cc1c(NC2CCOC2C)cnn1C1CCCC1. The van der Waals surface area contributed by atoms with Crippen LogP contribution < -0.4 is 5.32 Å². The normalized spacial score (nSPS) is 29.0. The van der Waals surface area contributed by atoms with Crippen molar-refractivity contribution >= 4 is 5.69 Å². The van der Waals surface area contributed by atoms with Crippen LogP contribution in [0.15, 0.2) is 6.20 Å². The van der Waals surface area contributed by atoms with Crippen LogP contribution in [0.2, 0.25) is 0 Å². The first kappa shape index (κ1) is 12.0. The van der Waals surface area contributed by atoms with Crippen LogP contribution in [-0.2, 0) is 4.74 Å². The molecule has 0 amide bonds. The molecule has 4 heteroatoms. The second kappa shape index (κ2) is 4.92. The summed E-state index contributed by atoms with van der Waals surface area (Å²) in [7, 11) is 0. The lowest BCUT2D eigenvalue weighted by atomic mass is 10.1. The number of nitrogens with one attached hydrogen (secondary N) is 1. The van der Waals surface area contributed by atoms with Crippen LogP contribution in [0.3, 0.4) is 0 Å². The molecule has 0 spiro atoms. The Morgan fingerprint density at radius 3 is 2.78 bits per heavy atom. The van der Waals surface area contributed by atoms with Crippen LogP contribution in [-0.4, -0.2) is 28.5 Å². The summed E-state index contributed by atoms with van der Waals surface area (Å²) in [6, 6.07) is 1.06. The van der Waals surface area contributed by atoms with Gasteiger partial charge < -0.3 is 10.1 Å². The summed E-state index contributed by atoms with van der Waals surface area (Å²) in [6.07, 6.45) is 8.64. The van der Waals surface area contributed by atoms with Crippen LogP contribution in [0.25, 0.3) is 0 Å². The fourth-order valence-electron chi connectivity index (χ4n) is 3.20. The Balaban J connectivity index is 1.72. The average Bonchev–Trinajstić information content (AvgIpc) is 3.05. The topological polar surface area (TPSA) is 39.1 Å². The van der Waals surface area contributed by atoms with Gasteiger partial charge in [-0.3, -0.25) is 4.68 Å². The molecule has 2 unspecified atom stereocenters. The molecule has 2 aliphatic rings. The molecule has 2 fully saturated rings. The van der Waals surface area contributed by atoms with Gasteiger partial charge in [-0.25, -0.2) is 0 Å². The fraction of sp³-hybridized carbons (Fsp3) is 0.786. The number of hydrogen-bond donors (Lipinski definition) is 1. The minimum Gasteiger partial charge on any atom is -0.377 e. The lowest BCUT2D eigenvalue weighted by Gasteiger charge is -2.18. The van der Waals surface area contributed by atoms with E-state index in [0.29, 0.717) is 18.2 Å². The minimum atomic E-state index is 0.305. The van der Waals surface area contributed by atoms with Crippen LogP contribution in [0, 0.1) is 6.92 Å². The summed E-state index contributed by atoms with van der Waals surface area (Å²) in [5.41, 5.74) is 2.46. The van der Waals surface area contributed by atoms with Gasteiger partial charge in [0.15, 0.2) is 0 Å². The molecule has 0 aromatic carbocycles. The largest absolute Gasteiger partial charge is 0.377 e. The molecular formula is C14H23N3O. The van der Waals surface area contributed by atoms with E-state index in [9.17, 15) is 0 Å². The maximum absolute atomic E-state index is 5.59. The number of aromatic nitrogens is 2. The van der Waals surface area contributed by atoms with Crippen molar-refractivity contribution in [1.82, 2.24) is 9.78 Å². The third kappa shape index (κ3) is 2.14. The molecule has 1 aromatic heterocycles. The highest BCUT2D eigenvalue weighted by atomic mass is 16.5. The highest BCUT2D eigenvalue weighted by Gasteiger charge is 2.26. The van der Waals surface area contributed by atoms with Crippen LogP contribution in [0.1, 0.15) is 50.8 Å². The Morgan fingerprint density at radius 2 is 2.11 bits per heavy atom. The molecule has 3 rings (SSSR count). The number of ether oxygens (including phenoxy) is 1. The van der Waals surface area contributed by atoms with E-state index in [0.717, 1.165) is 13.0 Å². The van der Waals surface area contributed by atoms with Crippen molar-refractivity contribution < 1.29 is 4.74 Å². The number of nitrogens with zero attached hydrogens (tertiary/aromatic N) is 2. The van der Waals surface area contributed by atoms with E-state index < -0.39 is 0 Å². The van der Waals surface area contributed by atoms with Crippen LogP contribution in [0.4, 0.5) is 5.69 Å². The molecular weight excluding hydrogens is 226 g/mol. The van der Waals surface area contributed by atoms with Gasteiger partial charge in [0.05, 0.1) is 35.8 Å². The van der Waals surface area contributed by atoms with E-state index in [-0.39, 0.29) is 0 Å². The maximum Gasteiger partial charge on any atom is 0.0759 e. The molecule has 1 saturated carbocycles. The van der Waals surface area contributed by atoms with Gasteiger partial charge in [-0.05, 0) is 33.1 Å². The molecule has 1 aliphatic heterocycles. The van der Waals surface area contributed by atoms with Gasteiger partial charge in [-0.2, -0.15) is 5.10 Å². The first-order valence-electron chi connectivity index (χ1n) is 7.18. The Kier molecular flexibility index (Phi) is 3.29. The summed E-state index contributed by atoms with van der Waals surface area (Å²) < 4.78 is 7.81. The maximum atomic E-state index is 5.59. The highest BCUT2D eigenvalue weighted by molar-refractivity contribution is 5.47. The molecule has 0 bridgehead atoms. The zero-order valence-electron chi connectivity index (χ0n) is 11.4. The third-order valence-electron chi connectivity index (χ3n) is 4.43. The van der Waals surface area contributed by atoms with E-state index in [1.807, 2.05) is 6.20 Å². The van der Waals surface area contributed by atoms with Crippen molar-refractivity contribution in [2.75, 3.05) is 11.9 Å². The molecule has 100 valence electrons. The lowest BCUT2D eigenvalue weighted by molar-refractivity contribution is 0.121. The van der Waals surface area contributed by atoms with Gasteiger partial charge in [0.25, 0.3) is 0 Å². The fourth-order valence-corrected chi connectivity index (χ4v) is 3.20. The van der Waals surface area contributed by atoms with Crippen molar-refractivity contribution in [1.29, 1.82) is 0 Å². The van der Waals surface area contributed by atoms with Gasteiger partial charge in [0, 0.05) is 6.61 Å². The Morgan fingerprint density at radius 1 is 1.33 bits per heavy atom. The van der Waals surface area contributed by atoms with Gasteiger partial charge >= 0.3 is 0 Å². The quantitative estimate of drug-likeness (QED) is 0.895. The van der Waals surface area contributed by atoms with E-state index in [1.54, 1.807) is 0 Å². The molecule has 4 nitrogen and oxygen atoms in total. The molecule has 18 heavy (non-hydrogen) atoms. The Bertz CT molecular complexity index is 409. The first-order valence-corrected chi connectivity index (χ1v) is 7.18. The van der Waals surface area contributed by atoms with E-state index in [4.69, 9.17) is 4.74 Å². The Labute approximate surface area is 109 Å². The average molecular weight is 249 g/mol. The molecule has 1 N–H and O–H groups in total. The smallest absolute Gasteiger partial charge is 0.0759 e. The van der Waals surface area contributed by atoms with Crippen molar-refractivity contribution in [2.24, 2.45) is 0 Å². The van der Waals surface area contributed by atoms with Crippen LogP contribution >= 0.6 is 0 Å². The van der Waals surface area contributed by atoms with Gasteiger partial charge in [0.2, 0.25) is 0 Å². The first-order chi connectivity index (χ1) is 8.75. The molecule has 2 heterocycles.